The van der Waals surface area contributed by atoms with Gasteiger partial charge in [0.25, 0.3) is 0 Å². The first-order chi connectivity index (χ1) is 13.7. The molecule has 0 aliphatic heterocycles. The van der Waals surface area contributed by atoms with Gasteiger partial charge in [-0.1, -0.05) is 18.2 Å². The average molecular weight is 381 g/mol. The highest BCUT2D eigenvalue weighted by atomic mass is 16.5. The first-order valence-corrected chi connectivity index (χ1v) is 8.86. The normalized spacial score (nSPS) is 10.2. The highest BCUT2D eigenvalue weighted by Gasteiger charge is 2.07. The van der Waals surface area contributed by atoms with Crippen LogP contribution in [0.5, 0.6) is 17.2 Å². The fourth-order valence-electron chi connectivity index (χ4n) is 2.60. The third-order valence-corrected chi connectivity index (χ3v) is 3.91. The van der Waals surface area contributed by atoms with Crippen molar-refractivity contribution >= 4 is 17.5 Å². The standard InChI is InChI=1S/C20H23N5O3/c1-4-28-16-8-6-5-7-15(16)23-19-13-22-25-20(24-19)21-12-14-9-10-17(26-2)18(11-14)27-3/h5-11,13H,4,12H2,1-3H3,(H2,21,23,24,25). The van der Waals surface area contributed by atoms with E-state index in [1.54, 1.807) is 20.4 Å². The summed E-state index contributed by atoms with van der Waals surface area (Å²) in [7, 11) is 3.22. The van der Waals surface area contributed by atoms with Crippen molar-refractivity contribution in [2.75, 3.05) is 31.5 Å². The molecule has 3 rings (SSSR count). The van der Waals surface area contributed by atoms with Crippen molar-refractivity contribution in [2.45, 2.75) is 13.5 Å². The van der Waals surface area contributed by atoms with E-state index in [0.717, 1.165) is 17.0 Å². The molecule has 8 heteroatoms. The van der Waals surface area contributed by atoms with E-state index in [9.17, 15) is 0 Å². The Kier molecular flexibility index (Phi) is 6.46. The molecule has 146 valence electrons. The van der Waals surface area contributed by atoms with E-state index in [0.29, 0.717) is 36.4 Å². The molecule has 2 aromatic carbocycles. The van der Waals surface area contributed by atoms with Crippen LogP contribution in [-0.4, -0.2) is 36.0 Å². The summed E-state index contributed by atoms with van der Waals surface area (Å²) >= 11 is 0. The van der Waals surface area contributed by atoms with E-state index in [1.165, 1.54) is 0 Å². The second-order valence-corrected chi connectivity index (χ2v) is 5.76. The van der Waals surface area contributed by atoms with Crippen LogP contribution in [0.2, 0.25) is 0 Å². The maximum atomic E-state index is 5.62. The Labute approximate surface area is 163 Å². The maximum absolute atomic E-state index is 5.62. The van der Waals surface area contributed by atoms with Crippen LogP contribution in [0.15, 0.2) is 48.7 Å². The van der Waals surface area contributed by atoms with Crippen LogP contribution >= 0.6 is 0 Å². The number of methoxy groups -OCH3 is 2. The number of ether oxygens (including phenoxy) is 3. The van der Waals surface area contributed by atoms with Crippen molar-refractivity contribution in [3.63, 3.8) is 0 Å². The number of hydrogen-bond donors (Lipinski definition) is 2. The lowest BCUT2D eigenvalue weighted by Gasteiger charge is -2.12. The largest absolute Gasteiger partial charge is 0.493 e. The molecule has 3 aromatic rings. The second kappa shape index (κ2) is 9.40. The van der Waals surface area contributed by atoms with Gasteiger partial charge < -0.3 is 24.8 Å². The van der Waals surface area contributed by atoms with Gasteiger partial charge in [-0.2, -0.15) is 10.1 Å². The van der Waals surface area contributed by atoms with Crippen LogP contribution in [-0.2, 0) is 6.54 Å². The first kappa shape index (κ1) is 19.2. The molecule has 0 saturated heterocycles. The Hall–Kier alpha value is -3.55. The summed E-state index contributed by atoms with van der Waals surface area (Å²) in [6, 6.07) is 13.4. The minimum Gasteiger partial charge on any atom is -0.493 e. The lowest BCUT2D eigenvalue weighted by Crippen LogP contribution is -2.07. The molecule has 8 nitrogen and oxygen atoms in total. The second-order valence-electron chi connectivity index (χ2n) is 5.76. The molecule has 0 amide bonds. The van der Waals surface area contributed by atoms with Gasteiger partial charge in [-0.05, 0) is 36.8 Å². The average Bonchev–Trinajstić information content (AvgIpc) is 2.74. The summed E-state index contributed by atoms with van der Waals surface area (Å²) in [5, 5.41) is 14.4. The fourth-order valence-corrected chi connectivity index (χ4v) is 2.60. The Morgan fingerprint density at radius 3 is 2.57 bits per heavy atom. The van der Waals surface area contributed by atoms with Gasteiger partial charge >= 0.3 is 0 Å². The minimum absolute atomic E-state index is 0.411. The number of para-hydroxylation sites is 2. The number of benzene rings is 2. The van der Waals surface area contributed by atoms with Crippen LogP contribution in [0.25, 0.3) is 0 Å². The van der Waals surface area contributed by atoms with E-state index in [2.05, 4.69) is 25.8 Å². The van der Waals surface area contributed by atoms with Crippen molar-refractivity contribution in [1.82, 2.24) is 15.2 Å². The van der Waals surface area contributed by atoms with Gasteiger partial charge in [0.2, 0.25) is 5.95 Å². The van der Waals surface area contributed by atoms with Crippen molar-refractivity contribution in [3.05, 3.63) is 54.2 Å². The molecule has 0 fully saturated rings. The topological polar surface area (TPSA) is 90.4 Å². The number of nitrogens with one attached hydrogen (secondary N) is 2. The zero-order valence-electron chi connectivity index (χ0n) is 16.1. The Morgan fingerprint density at radius 1 is 0.964 bits per heavy atom. The Morgan fingerprint density at radius 2 is 1.79 bits per heavy atom. The summed E-state index contributed by atoms with van der Waals surface area (Å²) in [5.74, 6) is 3.08. The lowest BCUT2D eigenvalue weighted by atomic mass is 10.2. The third kappa shape index (κ3) is 4.79. The molecular formula is C20H23N5O3. The van der Waals surface area contributed by atoms with E-state index >= 15 is 0 Å². The molecule has 0 bridgehead atoms. The summed E-state index contributed by atoms with van der Waals surface area (Å²) in [5.41, 5.74) is 1.82. The zero-order chi connectivity index (χ0) is 19.8. The van der Waals surface area contributed by atoms with Crippen molar-refractivity contribution in [2.24, 2.45) is 0 Å². The molecule has 0 radical (unpaired) electrons. The fraction of sp³-hybridized carbons (Fsp3) is 0.250. The molecule has 1 heterocycles. The van der Waals surface area contributed by atoms with Crippen LogP contribution in [0, 0.1) is 0 Å². The van der Waals surface area contributed by atoms with Crippen molar-refractivity contribution in [3.8, 4) is 17.2 Å². The highest BCUT2D eigenvalue weighted by Crippen LogP contribution is 2.28. The maximum Gasteiger partial charge on any atom is 0.244 e. The van der Waals surface area contributed by atoms with Gasteiger partial charge in [0.1, 0.15) is 5.75 Å². The van der Waals surface area contributed by atoms with Crippen LogP contribution in [0.4, 0.5) is 17.5 Å². The summed E-state index contributed by atoms with van der Waals surface area (Å²) in [6.45, 7) is 3.04. The van der Waals surface area contributed by atoms with Crippen molar-refractivity contribution < 1.29 is 14.2 Å². The van der Waals surface area contributed by atoms with Crippen LogP contribution < -0.4 is 24.8 Å². The highest BCUT2D eigenvalue weighted by molar-refractivity contribution is 5.64. The molecule has 28 heavy (non-hydrogen) atoms. The lowest BCUT2D eigenvalue weighted by molar-refractivity contribution is 0.342. The number of anilines is 3. The third-order valence-electron chi connectivity index (χ3n) is 3.91. The number of rotatable bonds is 9. The molecule has 0 spiro atoms. The summed E-state index contributed by atoms with van der Waals surface area (Å²) in [6.07, 6.45) is 1.56. The smallest absolute Gasteiger partial charge is 0.244 e. The quantitative estimate of drug-likeness (QED) is 0.581. The monoisotopic (exact) mass is 381 g/mol. The molecule has 0 aliphatic carbocycles. The molecule has 0 saturated carbocycles. The minimum atomic E-state index is 0.411. The molecule has 0 unspecified atom stereocenters. The molecule has 1 aromatic heterocycles. The molecular weight excluding hydrogens is 358 g/mol. The zero-order valence-corrected chi connectivity index (χ0v) is 16.1. The van der Waals surface area contributed by atoms with Gasteiger partial charge in [0.15, 0.2) is 17.3 Å². The van der Waals surface area contributed by atoms with Gasteiger partial charge in [-0.25, -0.2) is 0 Å². The Balaban J connectivity index is 1.69. The predicted molar refractivity (Wildman–Crippen MR) is 108 cm³/mol. The van der Waals surface area contributed by atoms with Crippen molar-refractivity contribution in [1.29, 1.82) is 0 Å². The summed E-state index contributed by atoms with van der Waals surface area (Å²) < 4.78 is 16.2. The predicted octanol–water partition coefficient (Wildman–Crippen LogP) is 3.64. The van der Waals surface area contributed by atoms with E-state index in [4.69, 9.17) is 14.2 Å². The van der Waals surface area contributed by atoms with E-state index < -0.39 is 0 Å². The van der Waals surface area contributed by atoms with Gasteiger partial charge in [0, 0.05) is 6.54 Å². The molecule has 0 aliphatic rings. The summed E-state index contributed by atoms with van der Waals surface area (Å²) in [4.78, 5) is 4.45. The number of aromatic nitrogens is 3. The first-order valence-electron chi connectivity index (χ1n) is 8.86. The van der Waals surface area contributed by atoms with Crippen LogP contribution in [0.3, 0.4) is 0 Å². The number of hydrogen-bond acceptors (Lipinski definition) is 8. The van der Waals surface area contributed by atoms with E-state index in [1.807, 2.05) is 49.4 Å². The van der Waals surface area contributed by atoms with Gasteiger partial charge in [0.05, 0.1) is 32.7 Å². The van der Waals surface area contributed by atoms with Crippen LogP contribution in [0.1, 0.15) is 12.5 Å². The van der Waals surface area contributed by atoms with E-state index in [-0.39, 0.29) is 0 Å². The molecule has 0 atom stereocenters. The number of nitrogens with zero attached hydrogens (tertiary/aromatic N) is 3. The molecule has 2 N–H and O–H groups in total. The SMILES string of the molecule is CCOc1ccccc1Nc1cnnc(NCc2ccc(OC)c(OC)c2)n1. The Bertz CT molecular complexity index is 920. The van der Waals surface area contributed by atoms with Gasteiger partial charge in [-0.15, -0.1) is 5.10 Å². The van der Waals surface area contributed by atoms with Gasteiger partial charge in [-0.3, -0.25) is 0 Å².